The minimum absolute atomic E-state index is 0.542. The molecule has 47 heavy (non-hydrogen) atoms. The van der Waals surface area contributed by atoms with Gasteiger partial charge in [0.05, 0.1) is 0 Å². The van der Waals surface area contributed by atoms with Crippen LogP contribution in [0, 0.1) is 0 Å². The zero-order chi connectivity index (χ0) is 36.4. The first kappa shape index (κ1) is 39.9. The number of carbonyl (C=O) groups is 1. The van der Waals surface area contributed by atoms with Crippen molar-refractivity contribution in [1.29, 1.82) is 0 Å². The Hall–Kier alpha value is -3.25. The van der Waals surface area contributed by atoms with E-state index in [9.17, 15) is 83.8 Å². The standard InChI is InChI=1S/C23H15F18NO4Si/c24-18(25,26)15(19(27,28)29)44-47(45-16(20(30,31)32)21(33,34)35,46-17(22(36,37)38)23(39,40)41)42(11-12-7-3-1-4-8-12)14(43)13-9-5-2-6-10-13/h1-10,15-17H,11H2. The van der Waals surface area contributed by atoms with Gasteiger partial charge in [0.2, 0.25) is 18.3 Å². The van der Waals surface area contributed by atoms with Gasteiger partial charge in [-0.05, 0) is 17.7 Å². The maximum atomic E-state index is 13.6. The number of hydrogen-bond acceptors (Lipinski definition) is 4. The van der Waals surface area contributed by atoms with Gasteiger partial charge in [-0.25, -0.2) is 0 Å². The number of halogens is 18. The van der Waals surface area contributed by atoms with Gasteiger partial charge in [-0.15, -0.1) is 0 Å². The molecule has 0 spiro atoms. The topological polar surface area (TPSA) is 48.0 Å². The van der Waals surface area contributed by atoms with E-state index in [0.717, 1.165) is 48.5 Å². The second-order valence-electron chi connectivity index (χ2n) is 9.01. The number of benzene rings is 2. The summed E-state index contributed by atoms with van der Waals surface area (Å²) in [7, 11) is -8.54. The lowest BCUT2D eigenvalue weighted by atomic mass is 10.2. The molecule has 0 aliphatic heterocycles. The van der Waals surface area contributed by atoms with Crippen LogP contribution in [0.4, 0.5) is 79.0 Å². The molecule has 0 fully saturated rings. The SMILES string of the molecule is O=C(c1ccccc1)N(Cc1ccccc1)[Si](OC(C(F)(F)F)C(F)(F)F)(OC(C(F)(F)F)C(F)(F)F)OC(C(F)(F)F)C(F)(F)F. The Bertz CT molecular complexity index is 1180. The van der Waals surface area contributed by atoms with Gasteiger partial charge in [-0.2, -0.15) is 79.0 Å². The van der Waals surface area contributed by atoms with E-state index in [1.165, 1.54) is 0 Å². The molecular weight excluding hydrogens is 724 g/mol. The Morgan fingerprint density at radius 1 is 0.511 bits per heavy atom. The quantitative estimate of drug-likeness (QED) is 0.182. The Kier molecular flexibility index (Phi) is 11.6. The first-order valence-corrected chi connectivity index (χ1v) is 13.5. The van der Waals surface area contributed by atoms with Crippen LogP contribution in [0.15, 0.2) is 60.7 Å². The van der Waals surface area contributed by atoms with Crippen LogP contribution in [0.5, 0.6) is 0 Å². The number of hydrogen-bond donors (Lipinski definition) is 0. The molecule has 5 nitrogen and oxygen atoms in total. The molecule has 2 aromatic carbocycles. The van der Waals surface area contributed by atoms with Crippen molar-refractivity contribution < 1.29 is 97.1 Å². The van der Waals surface area contributed by atoms with Crippen molar-refractivity contribution in [1.82, 2.24) is 4.57 Å². The number of carbonyl (C=O) groups excluding carboxylic acids is 1. The van der Waals surface area contributed by atoms with Crippen LogP contribution >= 0.6 is 0 Å². The second kappa shape index (κ2) is 13.7. The normalized spacial score (nSPS) is 14.3. The Morgan fingerprint density at radius 2 is 0.787 bits per heavy atom. The smallest absolute Gasteiger partial charge is 0.335 e. The lowest BCUT2D eigenvalue weighted by Crippen LogP contribution is -2.72. The molecule has 2 rings (SSSR count). The van der Waals surface area contributed by atoms with Crippen molar-refractivity contribution in [3.8, 4) is 0 Å². The number of rotatable bonds is 10. The number of alkyl halides is 18. The zero-order valence-corrected chi connectivity index (χ0v) is 23.1. The first-order valence-electron chi connectivity index (χ1n) is 11.8. The fraction of sp³-hybridized carbons (Fsp3) is 0.435. The van der Waals surface area contributed by atoms with Crippen LogP contribution in [0.2, 0.25) is 0 Å². The van der Waals surface area contributed by atoms with Crippen molar-refractivity contribution >= 4 is 14.9 Å². The minimum Gasteiger partial charge on any atom is -0.335 e. The van der Waals surface area contributed by atoms with Gasteiger partial charge < -0.3 is 13.3 Å². The highest BCUT2D eigenvalue weighted by atomic mass is 28.4. The molecule has 1 amide bonds. The van der Waals surface area contributed by atoms with Crippen molar-refractivity contribution in [3.05, 3.63) is 71.8 Å². The van der Waals surface area contributed by atoms with Crippen LogP contribution in [0.3, 0.4) is 0 Å². The summed E-state index contributed by atoms with van der Waals surface area (Å²) in [5.41, 5.74) is -1.82. The fourth-order valence-electron chi connectivity index (χ4n) is 3.47. The predicted molar refractivity (Wildman–Crippen MR) is 119 cm³/mol. The molecule has 24 heteroatoms. The molecule has 0 aliphatic rings. The predicted octanol–water partition coefficient (Wildman–Crippen LogP) is 8.29. The van der Waals surface area contributed by atoms with Gasteiger partial charge in [0.1, 0.15) is 0 Å². The Labute approximate surface area is 251 Å². The average molecular weight is 739 g/mol. The molecule has 2 aromatic rings. The van der Waals surface area contributed by atoms with Gasteiger partial charge in [-0.1, -0.05) is 48.5 Å². The zero-order valence-electron chi connectivity index (χ0n) is 22.1. The van der Waals surface area contributed by atoms with E-state index in [2.05, 4.69) is 13.3 Å². The maximum Gasteiger partial charge on any atom is 0.639 e. The largest absolute Gasteiger partial charge is 0.639 e. The average Bonchev–Trinajstić information content (AvgIpc) is 2.88. The summed E-state index contributed by atoms with van der Waals surface area (Å²) in [6.45, 7) is -1.92. The third kappa shape index (κ3) is 10.6. The highest BCUT2D eigenvalue weighted by Crippen LogP contribution is 2.46. The summed E-state index contributed by atoms with van der Waals surface area (Å²) in [5, 5.41) is 0. The first-order chi connectivity index (χ1) is 21.0. The molecule has 0 unspecified atom stereocenters. The molecule has 0 bridgehead atoms. The maximum absolute atomic E-state index is 13.6. The van der Waals surface area contributed by atoms with Crippen LogP contribution in [0.1, 0.15) is 15.9 Å². The van der Waals surface area contributed by atoms with Gasteiger partial charge in [0.25, 0.3) is 5.91 Å². The van der Waals surface area contributed by atoms with E-state index in [4.69, 9.17) is 0 Å². The third-order valence-corrected chi connectivity index (χ3v) is 7.99. The molecule has 0 heterocycles. The van der Waals surface area contributed by atoms with Crippen LogP contribution in [0.25, 0.3) is 0 Å². The molecule has 0 radical (unpaired) electrons. The van der Waals surface area contributed by atoms with Gasteiger partial charge in [0.15, 0.2) is 0 Å². The van der Waals surface area contributed by atoms with E-state index in [-0.39, 0.29) is 0 Å². The number of nitrogens with zero attached hydrogens (tertiary/aromatic N) is 1. The minimum atomic E-state index is -8.54. The van der Waals surface area contributed by atoms with E-state index < -0.39 is 92.5 Å². The molecular formula is C23H15F18NO4Si. The van der Waals surface area contributed by atoms with E-state index in [1.54, 1.807) is 0 Å². The Morgan fingerprint density at radius 3 is 1.06 bits per heavy atom. The van der Waals surface area contributed by atoms with Gasteiger partial charge in [0, 0.05) is 12.1 Å². The fourth-order valence-corrected chi connectivity index (χ4v) is 6.47. The highest BCUT2D eigenvalue weighted by Gasteiger charge is 2.74. The van der Waals surface area contributed by atoms with E-state index in [0.29, 0.717) is 12.1 Å². The second-order valence-corrected chi connectivity index (χ2v) is 11.3. The molecule has 0 aromatic heterocycles. The van der Waals surface area contributed by atoms with Crippen molar-refractivity contribution in [3.63, 3.8) is 0 Å². The molecule has 0 saturated heterocycles. The van der Waals surface area contributed by atoms with Gasteiger partial charge >= 0.3 is 46.0 Å². The Balaban J connectivity index is 3.21. The highest BCUT2D eigenvalue weighted by molar-refractivity contribution is 6.61. The monoisotopic (exact) mass is 739 g/mol. The van der Waals surface area contributed by atoms with Crippen LogP contribution in [-0.4, -0.2) is 74.8 Å². The van der Waals surface area contributed by atoms with Gasteiger partial charge in [-0.3, -0.25) is 9.36 Å². The molecule has 0 aliphatic carbocycles. The molecule has 266 valence electrons. The summed E-state index contributed by atoms with van der Waals surface area (Å²) < 4.78 is 255. The molecule has 0 saturated carbocycles. The van der Waals surface area contributed by atoms with Crippen molar-refractivity contribution in [2.75, 3.05) is 0 Å². The van der Waals surface area contributed by atoms with E-state index in [1.807, 2.05) is 0 Å². The summed E-state index contributed by atoms with van der Waals surface area (Å²) in [6, 6.07) is 8.22. The number of amides is 1. The summed E-state index contributed by atoms with van der Waals surface area (Å²) >= 11 is 0. The molecule has 0 N–H and O–H groups in total. The molecule has 0 atom stereocenters. The third-order valence-electron chi connectivity index (χ3n) is 5.36. The summed E-state index contributed by atoms with van der Waals surface area (Å²) in [6.07, 6.45) is -59.6. The van der Waals surface area contributed by atoms with Crippen molar-refractivity contribution in [2.24, 2.45) is 0 Å². The van der Waals surface area contributed by atoms with E-state index >= 15 is 0 Å². The van der Waals surface area contributed by atoms with Crippen molar-refractivity contribution in [2.45, 2.75) is 61.9 Å². The summed E-state index contributed by atoms with van der Waals surface area (Å²) in [5.74, 6) is -2.37. The lowest BCUT2D eigenvalue weighted by Gasteiger charge is -2.44. The summed E-state index contributed by atoms with van der Waals surface area (Å²) in [4.78, 5) is 13.5. The van der Waals surface area contributed by atoms with Crippen LogP contribution in [-0.2, 0) is 19.8 Å². The lowest BCUT2D eigenvalue weighted by molar-refractivity contribution is -0.347. The van der Waals surface area contributed by atoms with Crippen LogP contribution < -0.4 is 0 Å².